The number of benzene rings is 1. The number of ether oxygens (including phenoxy) is 1. The third-order valence-electron chi connectivity index (χ3n) is 2.63. The van der Waals surface area contributed by atoms with Crippen molar-refractivity contribution in [1.82, 2.24) is 0 Å². The van der Waals surface area contributed by atoms with Crippen LogP contribution < -0.4 is 10.5 Å². The number of nitrogens with two attached hydrogens (primary N) is 1. The number of aryl methyl sites for hydroxylation is 2. The molecule has 90 valence electrons. The fourth-order valence-electron chi connectivity index (χ4n) is 1.86. The standard InChI is InChI=1S/C12H18ClNO2/c1-7-6-8(2)11(13)12(16-3)10(7)9(15)4-5-14/h6,9,15H,4-5,14H2,1-3H3. The molecule has 16 heavy (non-hydrogen) atoms. The second-order valence-electron chi connectivity index (χ2n) is 3.86. The lowest BCUT2D eigenvalue weighted by Crippen LogP contribution is -2.10. The van der Waals surface area contributed by atoms with Crippen molar-refractivity contribution in [3.8, 4) is 5.75 Å². The molecule has 1 atom stereocenters. The van der Waals surface area contributed by atoms with Crippen LogP contribution in [0.1, 0.15) is 29.2 Å². The normalized spacial score (nSPS) is 12.6. The van der Waals surface area contributed by atoms with Crippen molar-refractivity contribution in [3.63, 3.8) is 0 Å². The molecule has 3 N–H and O–H groups in total. The van der Waals surface area contributed by atoms with Gasteiger partial charge in [-0.05, 0) is 37.9 Å². The number of halogens is 1. The Labute approximate surface area is 101 Å². The highest BCUT2D eigenvalue weighted by Gasteiger charge is 2.19. The van der Waals surface area contributed by atoms with Crippen LogP contribution in [0.4, 0.5) is 0 Å². The summed E-state index contributed by atoms with van der Waals surface area (Å²) >= 11 is 6.15. The second-order valence-corrected chi connectivity index (χ2v) is 4.24. The summed E-state index contributed by atoms with van der Waals surface area (Å²) in [7, 11) is 1.55. The number of methoxy groups -OCH3 is 1. The van der Waals surface area contributed by atoms with Gasteiger partial charge in [0.2, 0.25) is 0 Å². The first-order chi connectivity index (χ1) is 7.52. The van der Waals surface area contributed by atoms with Crippen LogP contribution in [-0.2, 0) is 0 Å². The second kappa shape index (κ2) is 5.53. The maximum Gasteiger partial charge on any atom is 0.143 e. The molecule has 1 rings (SSSR count). The first kappa shape index (κ1) is 13.3. The van der Waals surface area contributed by atoms with Gasteiger partial charge in [-0.3, -0.25) is 0 Å². The maximum absolute atomic E-state index is 10.0. The Morgan fingerprint density at radius 3 is 2.56 bits per heavy atom. The summed E-state index contributed by atoms with van der Waals surface area (Å²) in [5, 5.41) is 10.6. The van der Waals surface area contributed by atoms with Crippen LogP contribution in [0, 0.1) is 13.8 Å². The monoisotopic (exact) mass is 243 g/mol. The molecule has 3 nitrogen and oxygen atoms in total. The van der Waals surface area contributed by atoms with E-state index < -0.39 is 6.10 Å². The minimum Gasteiger partial charge on any atom is -0.495 e. The number of hydrogen-bond donors (Lipinski definition) is 2. The zero-order valence-electron chi connectivity index (χ0n) is 9.88. The molecule has 0 radical (unpaired) electrons. The zero-order valence-corrected chi connectivity index (χ0v) is 10.6. The molecule has 0 heterocycles. The fourth-order valence-corrected chi connectivity index (χ4v) is 2.09. The summed E-state index contributed by atoms with van der Waals surface area (Å²) in [6.45, 7) is 4.27. The Morgan fingerprint density at radius 1 is 1.44 bits per heavy atom. The van der Waals surface area contributed by atoms with Crippen LogP contribution in [0.2, 0.25) is 5.02 Å². The van der Waals surface area contributed by atoms with Crippen LogP contribution in [0.15, 0.2) is 6.07 Å². The summed E-state index contributed by atoms with van der Waals surface area (Å²) in [6, 6.07) is 1.94. The third kappa shape index (κ3) is 2.48. The van der Waals surface area contributed by atoms with Gasteiger partial charge in [-0.1, -0.05) is 17.7 Å². The molecule has 1 aromatic carbocycles. The van der Waals surface area contributed by atoms with E-state index in [1.807, 2.05) is 19.9 Å². The highest BCUT2D eigenvalue weighted by molar-refractivity contribution is 6.33. The van der Waals surface area contributed by atoms with Gasteiger partial charge in [-0.15, -0.1) is 0 Å². The quantitative estimate of drug-likeness (QED) is 0.854. The number of aliphatic hydroxyl groups excluding tert-OH is 1. The Hall–Kier alpha value is -0.770. The molecule has 1 aromatic rings. The minimum absolute atomic E-state index is 0.426. The molecule has 0 saturated carbocycles. The van der Waals surface area contributed by atoms with Crippen LogP contribution in [0.5, 0.6) is 5.75 Å². The van der Waals surface area contributed by atoms with E-state index in [2.05, 4.69) is 0 Å². The van der Waals surface area contributed by atoms with Crippen LogP contribution >= 0.6 is 11.6 Å². The van der Waals surface area contributed by atoms with Crippen molar-refractivity contribution < 1.29 is 9.84 Å². The average molecular weight is 244 g/mol. The molecule has 0 fully saturated rings. The Morgan fingerprint density at radius 2 is 2.06 bits per heavy atom. The molecule has 0 aliphatic heterocycles. The third-order valence-corrected chi connectivity index (χ3v) is 3.10. The lowest BCUT2D eigenvalue weighted by molar-refractivity contribution is 0.165. The predicted octanol–water partition coefficient (Wildman–Crippen LogP) is 2.35. The van der Waals surface area contributed by atoms with E-state index in [1.54, 1.807) is 7.11 Å². The molecule has 0 spiro atoms. The van der Waals surface area contributed by atoms with Crippen molar-refractivity contribution >= 4 is 11.6 Å². The fraction of sp³-hybridized carbons (Fsp3) is 0.500. The van der Waals surface area contributed by atoms with Gasteiger partial charge >= 0.3 is 0 Å². The predicted molar refractivity (Wildman–Crippen MR) is 66.1 cm³/mol. The largest absolute Gasteiger partial charge is 0.495 e. The van der Waals surface area contributed by atoms with Gasteiger partial charge in [0.15, 0.2) is 0 Å². The minimum atomic E-state index is -0.627. The van der Waals surface area contributed by atoms with Crippen LogP contribution in [0.3, 0.4) is 0 Å². The van der Waals surface area contributed by atoms with Gasteiger partial charge in [0.25, 0.3) is 0 Å². The SMILES string of the molecule is COc1c(Cl)c(C)cc(C)c1C(O)CCN. The molecular weight excluding hydrogens is 226 g/mol. The first-order valence-electron chi connectivity index (χ1n) is 5.24. The summed E-state index contributed by atoms with van der Waals surface area (Å²) in [6.07, 6.45) is -0.130. The number of rotatable bonds is 4. The summed E-state index contributed by atoms with van der Waals surface area (Å²) in [4.78, 5) is 0. The van der Waals surface area contributed by atoms with Crippen molar-refractivity contribution in [2.45, 2.75) is 26.4 Å². The molecule has 0 amide bonds. The van der Waals surface area contributed by atoms with E-state index in [9.17, 15) is 5.11 Å². The van der Waals surface area contributed by atoms with E-state index in [1.165, 1.54) is 0 Å². The molecule has 0 aliphatic carbocycles. The molecule has 0 bridgehead atoms. The number of aliphatic hydroxyl groups is 1. The van der Waals surface area contributed by atoms with E-state index in [0.29, 0.717) is 23.7 Å². The molecule has 0 aliphatic rings. The van der Waals surface area contributed by atoms with Gasteiger partial charge in [0.1, 0.15) is 5.75 Å². The molecule has 4 heteroatoms. The number of hydrogen-bond acceptors (Lipinski definition) is 3. The van der Waals surface area contributed by atoms with E-state index in [0.717, 1.165) is 16.7 Å². The molecule has 1 unspecified atom stereocenters. The smallest absolute Gasteiger partial charge is 0.143 e. The maximum atomic E-state index is 10.0. The highest BCUT2D eigenvalue weighted by atomic mass is 35.5. The Kier molecular flexibility index (Phi) is 4.59. The molecule has 0 saturated heterocycles. The zero-order chi connectivity index (χ0) is 12.3. The van der Waals surface area contributed by atoms with Crippen molar-refractivity contribution in [3.05, 3.63) is 27.8 Å². The van der Waals surface area contributed by atoms with E-state index in [4.69, 9.17) is 22.1 Å². The van der Waals surface area contributed by atoms with Crippen molar-refractivity contribution in [1.29, 1.82) is 0 Å². The Bertz CT molecular complexity index is 380. The van der Waals surface area contributed by atoms with Crippen molar-refractivity contribution in [2.75, 3.05) is 13.7 Å². The van der Waals surface area contributed by atoms with Gasteiger partial charge in [0, 0.05) is 5.56 Å². The molecule has 0 aromatic heterocycles. The van der Waals surface area contributed by atoms with Crippen molar-refractivity contribution in [2.24, 2.45) is 5.73 Å². The lowest BCUT2D eigenvalue weighted by Gasteiger charge is -2.19. The summed E-state index contributed by atoms with van der Waals surface area (Å²) < 4.78 is 5.27. The summed E-state index contributed by atoms with van der Waals surface area (Å²) in [5.74, 6) is 0.556. The molecular formula is C12H18ClNO2. The average Bonchev–Trinajstić information content (AvgIpc) is 2.23. The summed E-state index contributed by atoms with van der Waals surface area (Å²) in [5.41, 5.74) is 8.10. The van der Waals surface area contributed by atoms with E-state index in [-0.39, 0.29) is 0 Å². The Balaban J connectivity index is 3.30. The topological polar surface area (TPSA) is 55.5 Å². The van der Waals surface area contributed by atoms with Crippen LogP contribution in [0.25, 0.3) is 0 Å². The van der Waals surface area contributed by atoms with Crippen LogP contribution in [-0.4, -0.2) is 18.8 Å². The lowest BCUT2D eigenvalue weighted by atomic mass is 9.97. The van der Waals surface area contributed by atoms with Gasteiger partial charge in [-0.25, -0.2) is 0 Å². The van der Waals surface area contributed by atoms with E-state index >= 15 is 0 Å². The van der Waals surface area contributed by atoms with Gasteiger partial charge in [0.05, 0.1) is 18.2 Å². The highest BCUT2D eigenvalue weighted by Crippen LogP contribution is 2.38. The van der Waals surface area contributed by atoms with Gasteiger partial charge in [-0.2, -0.15) is 0 Å². The first-order valence-corrected chi connectivity index (χ1v) is 5.62. The van der Waals surface area contributed by atoms with Gasteiger partial charge < -0.3 is 15.6 Å².